The molecule has 0 bridgehead atoms. The van der Waals surface area contributed by atoms with Crippen LogP contribution in [0.2, 0.25) is 0 Å². The highest BCUT2D eigenvalue weighted by atomic mass is 32.2. The van der Waals surface area contributed by atoms with E-state index in [0.29, 0.717) is 6.61 Å². The monoisotopic (exact) mass is 194 g/mol. The molecule has 1 unspecified atom stereocenters. The number of carbonyl (C=O) groups is 1. The summed E-state index contributed by atoms with van der Waals surface area (Å²) >= 11 is -1.63. The van der Waals surface area contributed by atoms with Crippen molar-refractivity contribution in [3.8, 4) is 0 Å². The van der Waals surface area contributed by atoms with Crippen LogP contribution in [0.5, 0.6) is 0 Å². The van der Waals surface area contributed by atoms with Crippen LogP contribution < -0.4 is 0 Å². The molecule has 0 heterocycles. The molecular weight excluding hydrogens is 180 g/mol. The van der Waals surface area contributed by atoms with Gasteiger partial charge in [-0.2, -0.15) is 0 Å². The smallest absolute Gasteiger partial charge is 0.326 e. The lowest BCUT2D eigenvalue weighted by molar-refractivity contribution is -0.142. The Balaban J connectivity index is 4.38. The van der Waals surface area contributed by atoms with Crippen LogP contribution in [0.3, 0.4) is 0 Å². The molecule has 12 heavy (non-hydrogen) atoms. The molecule has 5 heteroatoms. The van der Waals surface area contributed by atoms with Gasteiger partial charge in [0.15, 0.2) is 15.8 Å². The third kappa shape index (κ3) is 2.57. The summed E-state index contributed by atoms with van der Waals surface area (Å²) in [6, 6.07) is 0. The van der Waals surface area contributed by atoms with Crippen LogP contribution in [0, 0.1) is 0 Å². The summed E-state index contributed by atoms with van der Waals surface area (Å²) in [6.07, 6.45) is 0. The summed E-state index contributed by atoms with van der Waals surface area (Å²) < 4.78 is 19.4. The van der Waals surface area contributed by atoms with E-state index in [9.17, 15) is 9.00 Å². The van der Waals surface area contributed by atoms with E-state index in [2.05, 4.69) is 4.74 Å². The van der Waals surface area contributed by atoms with Gasteiger partial charge in [0.1, 0.15) is 0 Å². The van der Waals surface area contributed by atoms with Gasteiger partial charge in [-0.1, -0.05) is 0 Å². The summed E-state index contributed by atoms with van der Waals surface area (Å²) in [6.45, 7) is 5.06. The van der Waals surface area contributed by atoms with Crippen molar-refractivity contribution in [1.82, 2.24) is 0 Å². The van der Waals surface area contributed by atoms with Gasteiger partial charge in [0, 0.05) is 0 Å². The van der Waals surface area contributed by atoms with Crippen molar-refractivity contribution in [2.75, 3.05) is 13.7 Å². The summed E-state index contributed by atoms with van der Waals surface area (Å²) in [7, 11) is 1.26. The fourth-order valence-corrected chi connectivity index (χ4v) is 1.30. The fourth-order valence-electron chi connectivity index (χ4n) is 0.568. The molecule has 0 aromatic rings. The van der Waals surface area contributed by atoms with Crippen molar-refractivity contribution in [2.24, 2.45) is 0 Å². The van der Waals surface area contributed by atoms with Gasteiger partial charge in [-0.05, 0) is 20.8 Å². The van der Waals surface area contributed by atoms with Gasteiger partial charge in [0.25, 0.3) is 0 Å². The summed E-state index contributed by atoms with van der Waals surface area (Å²) in [5.41, 5.74) is 0. The Bertz CT molecular complexity index is 188. The zero-order chi connectivity index (χ0) is 9.78. The van der Waals surface area contributed by atoms with Crippen molar-refractivity contribution in [2.45, 2.75) is 25.5 Å². The number of rotatable bonds is 4. The van der Waals surface area contributed by atoms with E-state index in [4.69, 9.17) is 4.18 Å². The van der Waals surface area contributed by atoms with E-state index in [1.807, 2.05) is 0 Å². The predicted molar refractivity (Wildman–Crippen MR) is 45.9 cm³/mol. The molecule has 0 aliphatic rings. The van der Waals surface area contributed by atoms with Gasteiger partial charge in [0.05, 0.1) is 13.7 Å². The van der Waals surface area contributed by atoms with Gasteiger partial charge < -0.3 is 4.74 Å². The van der Waals surface area contributed by atoms with Gasteiger partial charge in [-0.15, -0.1) is 0 Å². The predicted octanol–water partition coefficient (Wildman–Crippen LogP) is 0.638. The molecular formula is C7H14O4S. The first-order valence-corrected chi connectivity index (χ1v) is 4.67. The molecule has 0 aliphatic heterocycles. The number of carbonyl (C=O) groups excluding carboxylic acids is 1. The maximum Gasteiger partial charge on any atom is 0.326 e. The molecule has 0 fully saturated rings. The third-order valence-corrected chi connectivity index (χ3v) is 2.77. The SMILES string of the molecule is CCOS(=O)C(C)(C)C(=O)OC. The molecule has 0 rings (SSSR count). The van der Waals surface area contributed by atoms with Crippen LogP contribution in [0.25, 0.3) is 0 Å². The lowest BCUT2D eigenvalue weighted by Gasteiger charge is -2.18. The normalized spacial score (nSPS) is 14.0. The van der Waals surface area contributed by atoms with E-state index < -0.39 is 21.8 Å². The Morgan fingerprint density at radius 1 is 1.50 bits per heavy atom. The van der Waals surface area contributed by atoms with Crippen LogP contribution in [0.4, 0.5) is 0 Å². The largest absolute Gasteiger partial charge is 0.468 e. The second kappa shape index (κ2) is 4.57. The van der Waals surface area contributed by atoms with E-state index in [0.717, 1.165) is 0 Å². The highest BCUT2D eigenvalue weighted by molar-refractivity contribution is 7.82. The minimum Gasteiger partial charge on any atom is -0.468 e. The van der Waals surface area contributed by atoms with Crippen LogP contribution in [0.15, 0.2) is 0 Å². The first-order valence-electron chi connectivity index (χ1n) is 3.60. The van der Waals surface area contributed by atoms with Crippen LogP contribution in [-0.2, 0) is 24.8 Å². The van der Waals surface area contributed by atoms with Crippen molar-refractivity contribution in [3.05, 3.63) is 0 Å². The van der Waals surface area contributed by atoms with Crippen LogP contribution >= 0.6 is 0 Å². The molecule has 0 aliphatic carbocycles. The van der Waals surface area contributed by atoms with E-state index in [-0.39, 0.29) is 0 Å². The van der Waals surface area contributed by atoms with E-state index >= 15 is 0 Å². The molecule has 0 N–H and O–H groups in total. The number of hydrogen-bond donors (Lipinski definition) is 0. The molecule has 1 atom stereocenters. The molecule has 0 spiro atoms. The first kappa shape index (κ1) is 11.6. The zero-order valence-electron chi connectivity index (χ0n) is 7.75. The Kier molecular flexibility index (Phi) is 4.41. The summed E-state index contributed by atoms with van der Waals surface area (Å²) in [5.74, 6) is -0.533. The third-order valence-electron chi connectivity index (χ3n) is 1.32. The average molecular weight is 194 g/mol. The highest BCUT2D eigenvalue weighted by Crippen LogP contribution is 2.15. The number of methoxy groups -OCH3 is 1. The summed E-state index contributed by atoms with van der Waals surface area (Å²) in [4.78, 5) is 11.1. The lowest BCUT2D eigenvalue weighted by Crippen LogP contribution is -2.38. The van der Waals surface area contributed by atoms with Crippen LogP contribution in [0.1, 0.15) is 20.8 Å². The maximum absolute atomic E-state index is 11.3. The van der Waals surface area contributed by atoms with Crippen molar-refractivity contribution in [1.29, 1.82) is 0 Å². The van der Waals surface area contributed by atoms with Gasteiger partial charge in [0.2, 0.25) is 0 Å². The molecule has 0 amide bonds. The highest BCUT2D eigenvalue weighted by Gasteiger charge is 2.36. The van der Waals surface area contributed by atoms with Gasteiger partial charge in [-0.25, -0.2) is 4.21 Å². The Morgan fingerprint density at radius 2 is 2.00 bits per heavy atom. The van der Waals surface area contributed by atoms with Crippen molar-refractivity contribution < 1.29 is 17.9 Å². The topological polar surface area (TPSA) is 52.6 Å². The number of esters is 1. The quantitative estimate of drug-likeness (QED) is 0.616. The first-order chi connectivity index (χ1) is 5.46. The van der Waals surface area contributed by atoms with Gasteiger partial charge >= 0.3 is 5.97 Å². The lowest BCUT2D eigenvalue weighted by atomic mass is 10.2. The van der Waals surface area contributed by atoms with Crippen LogP contribution in [-0.4, -0.2) is 28.6 Å². The minimum atomic E-state index is -1.63. The summed E-state index contributed by atoms with van der Waals surface area (Å²) in [5, 5.41) is 0. The molecule has 0 radical (unpaired) electrons. The molecule has 0 aromatic heterocycles. The van der Waals surface area contributed by atoms with Crippen molar-refractivity contribution in [3.63, 3.8) is 0 Å². The van der Waals surface area contributed by atoms with E-state index in [1.54, 1.807) is 6.92 Å². The fraction of sp³-hybridized carbons (Fsp3) is 0.857. The standard InChI is InChI=1S/C7H14O4S/c1-5-11-12(9)7(2,3)6(8)10-4/h5H2,1-4H3. The number of hydrogen-bond acceptors (Lipinski definition) is 4. The number of ether oxygens (including phenoxy) is 1. The van der Waals surface area contributed by atoms with Gasteiger partial charge in [-0.3, -0.25) is 8.98 Å². The maximum atomic E-state index is 11.3. The Labute approximate surface area is 74.9 Å². The molecule has 72 valence electrons. The van der Waals surface area contributed by atoms with Crippen molar-refractivity contribution >= 4 is 17.0 Å². The Morgan fingerprint density at radius 3 is 2.33 bits per heavy atom. The van der Waals surface area contributed by atoms with E-state index in [1.165, 1.54) is 21.0 Å². The zero-order valence-corrected chi connectivity index (χ0v) is 8.56. The molecule has 0 saturated carbocycles. The molecule has 0 saturated heterocycles. The Hall–Kier alpha value is -0.420. The molecule has 0 aromatic carbocycles. The minimum absolute atomic E-state index is 0.313. The second-order valence-electron chi connectivity index (χ2n) is 2.64. The second-order valence-corrected chi connectivity index (χ2v) is 4.37. The average Bonchev–Trinajstić information content (AvgIpc) is 2.03. The molecule has 4 nitrogen and oxygen atoms in total.